The van der Waals surface area contributed by atoms with Crippen LogP contribution in [0.1, 0.15) is 38.4 Å². The van der Waals surface area contributed by atoms with Crippen molar-refractivity contribution in [3.05, 3.63) is 90.4 Å². The first-order chi connectivity index (χ1) is 19.6. The van der Waals surface area contributed by atoms with Crippen molar-refractivity contribution < 1.29 is 19.4 Å². The van der Waals surface area contributed by atoms with Crippen molar-refractivity contribution in [3.8, 4) is 17.2 Å². The molecule has 0 bridgehead atoms. The first kappa shape index (κ1) is 27.9. The van der Waals surface area contributed by atoms with Crippen molar-refractivity contribution in [2.45, 2.75) is 45.1 Å². The van der Waals surface area contributed by atoms with Gasteiger partial charge in [0.2, 0.25) is 5.91 Å². The molecule has 0 radical (unpaired) electrons. The molecule has 5 rings (SSSR count). The van der Waals surface area contributed by atoms with E-state index in [4.69, 9.17) is 9.84 Å². The average Bonchev–Trinajstić information content (AvgIpc) is 3.57. The third kappa shape index (κ3) is 7.09. The minimum absolute atomic E-state index is 0.000560. The number of likely N-dealkylation sites (tertiary alicyclic amines) is 1. The van der Waals surface area contributed by atoms with Crippen LogP contribution >= 0.6 is 0 Å². The number of hydrogen-bond acceptors (Lipinski definition) is 6. The number of nitrogens with one attached hydrogen (secondary N) is 2. The van der Waals surface area contributed by atoms with E-state index in [-0.39, 0.29) is 17.7 Å². The predicted octanol–water partition coefficient (Wildman–Crippen LogP) is 5.14. The smallest absolute Gasteiger partial charge is 0.324 e. The third-order valence-corrected chi connectivity index (χ3v) is 6.77. The number of carbonyl (C=O) groups excluding carboxylic acids is 2. The molecule has 3 N–H and O–H groups in total. The maximum absolute atomic E-state index is 13.0. The molecule has 2 aromatic carbocycles. The lowest BCUT2D eigenvalue weighted by Gasteiger charge is -2.16. The zero-order valence-corrected chi connectivity index (χ0v) is 23.4. The molecule has 0 aliphatic carbocycles. The van der Waals surface area contributed by atoms with Crippen LogP contribution in [0.2, 0.25) is 0 Å². The molecule has 2 aromatic heterocycles. The highest BCUT2D eigenvalue weighted by molar-refractivity contribution is 5.99. The normalized spacial score (nSPS) is 15.0. The summed E-state index contributed by atoms with van der Waals surface area (Å²) in [5, 5.41) is 20.3. The summed E-state index contributed by atoms with van der Waals surface area (Å²) in [5.41, 5.74) is 2.80. The largest absolute Gasteiger partial charge is 0.457 e. The lowest BCUT2D eigenvalue weighted by atomic mass is 9.92. The van der Waals surface area contributed by atoms with Crippen LogP contribution in [0.15, 0.2) is 79.1 Å². The molecule has 0 saturated carbocycles. The summed E-state index contributed by atoms with van der Waals surface area (Å²) in [4.78, 5) is 31.2. The van der Waals surface area contributed by atoms with Gasteiger partial charge in [-0.2, -0.15) is 5.10 Å². The number of rotatable bonds is 7. The van der Waals surface area contributed by atoms with Gasteiger partial charge < -0.3 is 20.1 Å². The molecule has 1 atom stereocenters. The number of aromatic nitrogens is 3. The number of aliphatic hydroxyl groups is 1. The van der Waals surface area contributed by atoms with Crippen LogP contribution in [0.3, 0.4) is 0 Å². The van der Waals surface area contributed by atoms with Crippen molar-refractivity contribution in [2.24, 2.45) is 0 Å². The summed E-state index contributed by atoms with van der Waals surface area (Å²) in [7, 11) is 0. The van der Waals surface area contributed by atoms with Gasteiger partial charge in [0.05, 0.1) is 23.9 Å². The molecule has 3 amide bonds. The molecule has 1 aliphatic heterocycles. The second-order valence-electron chi connectivity index (χ2n) is 11.1. The second-order valence-corrected chi connectivity index (χ2v) is 11.1. The van der Waals surface area contributed by atoms with E-state index < -0.39 is 12.1 Å². The fourth-order valence-corrected chi connectivity index (χ4v) is 4.47. The van der Waals surface area contributed by atoms with Crippen molar-refractivity contribution >= 4 is 23.4 Å². The monoisotopic (exact) mass is 554 g/mol. The molecule has 1 unspecified atom stereocenters. The van der Waals surface area contributed by atoms with Gasteiger partial charge in [0.15, 0.2) is 0 Å². The van der Waals surface area contributed by atoms with E-state index in [1.54, 1.807) is 58.4 Å². The van der Waals surface area contributed by atoms with Gasteiger partial charge in [0.25, 0.3) is 0 Å². The summed E-state index contributed by atoms with van der Waals surface area (Å²) in [6.45, 7) is 7.15. The van der Waals surface area contributed by atoms with Gasteiger partial charge in [0, 0.05) is 42.7 Å². The van der Waals surface area contributed by atoms with Crippen LogP contribution in [0, 0.1) is 0 Å². The first-order valence-electron chi connectivity index (χ1n) is 13.6. The van der Waals surface area contributed by atoms with Crippen molar-refractivity contribution in [3.63, 3.8) is 0 Å². The topological polar surface area (TPSA) is 122 Å². The predicted molar refractivity (Wildman–Crippen MR) is 157 cm³/mol. The number of β-amino-alcohol motifs (C(OH)–C–C–N with tert-alkyl or cyclic N) is 1. The quantitative estimate of drug-likeness (QED) is 0.291. The molecule has 1 fully saturated rings. The highest BCUT2D eigenvalue weighted by Gasteiger charge is 2.25. The van der Waals surface area contributed by atoms with Crippen LogP contribution in [0.4, 0.5) is 16.3 Å². The SMILES string of the molecule is CC(C)(C)c1cc(NC(=O)Nc2ccc(Oc3ccncc3)cc2)n(-c2ccc(CC(=O)N3CCC(O)C3)cc2)n1. The van der Waals surface area contributed by atoms with Crippen LogP contribution in [0.25, 0.3) is 5.69 Å². The molecular weight excluding hydrogens is 520 g/mol. The minimum Gasteiger partial charge on any atom is -0.457 e. The van der Waals surface area contributed by atoms with Gasteiger partial charge in [-0.1, -0.05) is 32.9 Å². The summed E-state index contributed by atoms with van der Waals surface area (Å²) in [6, 6.07) is 19.6. The number of urea groups is 1. The summed E-state index contributed by atoms with van der Waals surface area (Å²) in [6.07, 6.45) is 3.76. The number of hydrogen-bond donors (Lipinski definition) is 3. The fraction of sp³-hybridized carbons (Fsp3) is 0.290. The van der Waals surface area contributed by atoms with Gasteiger partial charge in [-0.25, -0.2) is 9.48 Å². The molecule has 1 saturated heterocycles. The van der Waals surface area contributed by atoms with Gasteiger partial charge in [-0.15, -0.1) is 0 Å². The molecule has 10 nitrogen and oxygen atoms in total. The number of amides is 3. The van der Waals surface area contributed by atoms with E-state index in [1.165, 1.54) is 0 Å². The number of nitrogens with zero attached hydrogens (tertiary/aromatic N) is 4. The number of carbonyl (C=O) groups is 2. The van der Waals surface area contributed by atoms with Crippen molar-refractivity contribution in [1.82, 2.24) is 19.7 Å². The first-order valence-corrected chi connectivity index (χ1v) is 13.6. The Hall–Kier alpha value is -4.70. The van der Waals surface area contributed by atoms with E-state index in [0.29, 0.717) is 42.5 Å². The Morgan fingerprint density at radius 2 is 1.66 bits per heavy atom. The molecule has 212 valence electrons. The zero-order chi connectivity index (χ0) is 29.0. The zero-order valence-electron chi connectivity index (χ0n) is 23.4. The van der Waals surface area contributed by atoms with Gasteiger partial charge in [-0.3, -0.25) is 15.1 Å². The van der Waals surface area contributed by atoms with Gasteiger partial charge >= 0.3 is 6.03 Å². The summed E-state index contributed by atoms with van der Waals surface area (Å²) in [5.74, 6) is 1.82. The van der Waals surface area contributed by atoms with Crippen molar-refractivity contribution in [2.75, 3.05) is 23.7 Å². The highest BCUT2D eigenvalue weighted by Crippen LogP contribution is 2.27. The average molecular weight is 555 g/mol. The van der Waals surface area contributed by atoms with Crippen LogP contribution < -0.4 is 15.4 Å². The lowest BCUT2D eigenvalue weighted by Crippen LogP contribution is -2.30. The number of pyridine rings is 1. The summed E-state index contributed by atoms with van der Waals surface area (Å²) < 4.78 is 7.47. The van der Waals surface area contributed by atoms with Crippen LogP contribution in [-0.2, 0) is 16.6 Å². The molecule has 0 spiro atoms. The van der Waals surface area contributed by atoms with Gasteiger partial charge in [0.1, 0.15) is 17.3 Å². The molecule has 1 aliphatic rings. The van der Waals surface area contributed by atoms with Crippen LogP contribution in [-0.4, -0.2) is 55.9 Å². The van der Waals surface area contributed by atoms with E-state index in [0.717, 1.165) is 16.9 Å². The fourth-order valence-electron chi connectivity index (χ4n) is 4.47. The molecular formula is C31H34N6O4. The van der Waals surface area contributed by atoms with E-state index >= 15 is 0 Å². The molecule has 3 heterocycles. The third-order valence-electron chi connectivity index (χ3n) is 6.77. The van der Waals surface area contributed by atoms with E-state index in [1.807, 2.05) is 30.3 Å². The number of anilines is 2. The Labute approximate surface area is 239 Å². The minimum atomic E-state index is -0.438. The van der Waals surface area contributed by atoms with Gasteiger partial charge in [-0.05, 0) is 60.5 Å². The number of ether oxygens (including phenoxy) is 1. The molecule has 10 heteroatoms. The Balaban J connectivity index is 1.27. The van der Waals surface area contributed by atoms with Crippen molar-refractivity contribution in [1.29, 1.82) is 0 Å². The van der Waals surface area contributed by atoms with E-state index in [9.17, 15) is 14.7 Å². The Bertz CT molecular complexity index is 1490. The van der Waals surface area contributed by atoms with Crippen LogP contribution in [0.5, 0.6) is 11.5 Å². The highest BCUT2D eigenvalue weighted by atomic mass is 16.5. The Kier molecular flexibility index (Phi) is 8.02. The standard InChI is InChI=1S/C31H34N6O4/c1-31(2,3)27-19-28(34-30(40)33-22-6-10-25(11-7-22)41-26-12-15-32-16-13-26)37(35-27)23-8-4-21(5-9-23)18-29(39)36-17-14-24(38)20-36/h4-13,15-16,19,24,38H,14,17-18,20H2,1-3H3,(H2,33,34,40). The lowest BCUT2D eigenvalue weighted by molar-refractivity contribution is -0.129. The maximum atomic E-state index is 13.0. The summed E-state index contributed by atoms with van der Waals surface area (Å²) >= 11 is 0. The molecule has 4 aromatic rings. The Morgan fingerprint density at radius 3 is 2.29 bits per heavy atom. The number of benzene rings is 2. The maximum Gasteiger partial charge on any atom is 0.324 e. The second kappa shape index (κ2) is 11.8. The van der Waals surface area contributed by atoms with E-state index in [2.05, 4.69) is 36.4 Å². The number of aliphatic hydroxyl groups excluding tert-OH is 1. The Morgan fingerprint density at radius 1 is 0.976 bits per heavy atom. The molecule has 41 heavy (non-hydrogen) atoms.